The standard InChI is InChI=1S/C13H25NOS/c1-4-9-14(13(15)16-5-2)12-8-6-7-11(3)10-12/h11-12H,4-10H2,1-3H3. The van der Waals surface area contributed by atoms with Crippen LogP contribution >= 0.6 is 11.8 Å². The van der Waals surface area contributed by atoms with E-state index in [0.717, 1.165) is 24.6 Å². The molecule has 1 fully saturated rings. The lowest BCUT2D eigenvalue weighted by atomic mass is 9.86. The first-order chi connectivity index (χ1) is 7.69. The fraction of sp³-hybridized carbons (Fsp3) is 0.923. The molecule has 1 rings (SSSR count). The van der Waals surface area contributed by atoms with Crippen LogP contribution in [0.25, 0.3) is 0 Å². The zero-order valence-electron chi connectivity index (χ0n) is 10.9. The van der Waals surface area contributed by atoms with Gasteiger partial charge in [-0.25, -0.2) is 0 Å². The number of amides is 1. The molecule has 0 saturated heterocycles. The van der Waals surface area contributed by atoms with Gasteiger partial charge in [0.25, 0.3) is 5.24 Å². The van der Waals surface area contributed by atoms with Crippen molar-refractivity contribution < 1.29 is 4.79 Å². The molecule has 0 N–H and O–H groups in total. The Balaban J connectivity index is 2.56. The van der Waals surface area contributed by atoms with E-state index < -0.39 is 0 Å². The molecule has 0 aromatic heterocycles. The predicted molar refractivity (Wildman–Crippen MR) is 71.9 cm³/mol. The van der Waals surface area contributed by atoms with Gasteiger partial charge in [-0.3, -0.25) is 4.79 Å². The van der Waals surface area contributed by atoms with Gasteiger partial charge < -0.3 is 4.90 Å². The molecule has 0 heterocycles. The Kier molecular flexibility index (Phi) is 6.25. The molecule has 2 atom stereocenters. The van der Waals surface area contributed by atoms with Crippen LogP contribution in [-0.2, 0) is 0 Å². The van der Waals surface area contributed by atoms with Crippen molar-refractivity contribution in [3.05, 3.63) is 0 Å². The molecular formula is C13H25NOS. The Morgan fingerprint density at radius 3 is 2.69 bits per heavy atom. The Morgan fingerprint density at radius 2 is 2.12 bits per heavy atom. The molecule has 0 bridgehead atoms. The number of hydrogen-bond acceptors (Lipinski definition) is 2. The van der Waals surface area contributed by atoms with Gasteiger partial charge in [0.15, 0.2) is 0 Å². The third kappa shape index (κ3) is 4.00. The van der Waals surface area contributed by atoms with Crippen LogP contribution in [0.1, 0.15) is 52.9 Å². The predicted octanol–water partition coefficient (Wildman–Crippen LogP) is 4.15. The summed E-state index contributed by atoms with van der Waals surface area (Å²) < 4.78 is 0. The maximum Gasteiger partial charge on any atom is 0.281 e. The van der Waals surface area contributed by atoms with E-state index >= 15 is 0 Å². The molecule has 1 aliphatic carbocycles. The minimum atomic E-state index is 0.295. The molecule has 1 amide bonds. The molecule has 0 spiro atoms. The second kappa shape index (κ2) is 7.21. The van der Waals surface area contributed by atoms with Gasteiger partial charge in [0.2, 0.25) is 0 Å². The van der Waals surface area contributed by atoms with E-state index in [1.54, 1.807) is 0 Å². The first kappa shape index (κ1) is 13.9. The van der Waals surface area contributed by atoms with Crippen LogP contribution < -0.4 is 0 Å². The monoisotopic (exact) mass is 243 g/mol. The van der Waals surface area contributed by atoms with Gasteiger partial charge in [-0.05, 0) is 30.9 Å². The summed E-state index contributed by atoms with van der Waals surface area (Å²) in [5, 5.41) is 0.295. The van der Waals surface area contributed by atoms with Gasteiger partial charge in [-0.2, -0.15) is 0 Å². The largest absolute Gasteiger partial charge is 0.331 e. The lowest BCUT2D eigenvalue weighted by Gasteiger charge is -2.36. The minimum absolute atomic E-state index is 0.295. The quantitative estimate of drug-likeness (QED) is 0.739. The normalized spacial score (nSPS) is 25.4. The summed E-state index contributed by atoms with van der Waals surface area (Å²) in [6.07, 6.45) is 6.11. The molecule has 1 saturated carbocycles. The van der Waals surface area contributed by atoms with E-state index in [1.807, 2.05) is 0 Å². The summed E-state index contributed by atoms with van der Waals surface area (Å²) in [4.78, 5) is 14.2. The molecule has 2 unspecified atom stereocenters. The van der Waals surface area contributed by atoms with E-state index in [9.17, 15) is 4.79 Å². The first-order valence-corrected chi connectivity index (χ1v) is 7.61. The van der Waals surface area contributed by atoms with Gasteiger partial charge in [-0.1, -0.05) is 45.4 Å². The van der Waals surface area contributed by atoms with Crippen LogP contribution in [0.4, 0.5) is 4.79 Å². The Labute approximate surface area is 104 Å². The molecule has 3 heteroatoms. The van der Waals surface area contributed by atoms with Crippen LogP contribution in [0.3, 0.4) is 0 Å². The molecule has 0 aromatic carbocycles. The van der Waals surface area contributed by atoms with E-state index in [-0.39, 0.29) is 0 Å². The Bertz CT molecular complexity index is 220. The third-order valence-electron chi connectivity index (χ3n) is 3.32. The lowest BCUT2D eigenvalue weighted by Crippen LogP contribution is -2.41. The number of thioether (sulfide) groups is 1. The van der Waals surface area contributed by atoms with Gasteiger partial charge >= 0.3 is 0 Å². The van der Waals surface area contributed by atoms with Crippen molar-refractivity contribution in [1.82, 2.24) is 4.90 Å². The fourth-order valence-electron chi connectivity index (χ4n) is 2.56. The third-order valence-corrected chi connectivity index (χ3v) is 4.09. The average molecular weight is 243 g/mol. The molecule has 0 aromatic rings. The smallest absolute Gasteiger partial charge is 0.281 e. The van der Waals surface area contributed by atoms with E-state index in [1.165, 1.54) is 37.4 Å². The van der Waals surface area contributed by atoms with Crippen LogP contribution in [0, 0.1) is 5.92 Å². The van der Waals surface area contributed by atoms with Gasteiger partial charge in [-0.15, -0.1) is 0 Å². The Morgan fingerprint density at radius 1 is 1.38 bits per heavy atom. The summed E-state index contributed by atoms with van der Waals surface area (Å²) >= 11 is 1.46. The second-order valence-corrected chi connectivity index (χ2v) is 6.03. The summed E-state index contributed by atoms with van der Waals surface area (Å²) in [6.45, 7) is 7.45. The second-order valence-electron chi connectivity index (χ2n) is 4.82. The van der Waals surface area contributed by atoms with E-state index in [2.05, 4.69) is 25.7 Å². The minimum Gasteiger partial charge on any atom is -0.331 e. The van der Waals surface area contributed by atoms with Crippen molar-refractivity contribution in [2.24, 2.45) is 5.92 Å². The SMILES string of the molecule is CCCN(C(=O)SCC)C1CCCC(C)C1. The highest BCUT2D eigenvalue weighted by atomic mass is 32.2. The van der Waals surface area contributed by atoms with Gasteiger partial charge in [0, 0.05) is 12.6 Å². The summed E-state index contributed by atoms with van der Waals surface area (Å²) in [5.74, 6) is 1.68. The molecule has 94 valence electrons. The zero-order chi connectivity index (χ0) is 12.0. The topological polar surface area (TPSA) is 20.3 Å². The van der Waals surface area contributed by atoms with E-state index in [0.29, 0.717) is 11.3 Å². The van der Waals surface area contributed by atoms with Crippen molar-refractivity contribution in [1.29, 1.82) is 0 Å². The highest BCUT2D eigenvalue weighted by Gasteiger charge is 2.27. The lowest BCUT2D eigenvalue weighted by molar-refractivity contribution is 0.161. The number of carbonyl (C=O) groups is 1. The molecule has 1 aliphatic rings. The van der Waals surface area contributed by atoms with Crippen LogP contribution in [0.15, 0.2) is 0 Å². The van der Waals surface area contributed by atoms with E-state index in [4.69, 9.17) is 0 Å². The number of carbonyl (C=O) groups excluding carboxylic acids is 1. The van der Waals surface area contributed by atoms with Gasteiger partial charge in [0.1, 0.15) is 0 Å². The summed E-state index contributed by atoms with van der Waals surface area (Å²) in [7, 11) is 0. The maximum absolute atomic E-state index is 12.0. The Hall–Kier alpha value is -0.180. The van der Waals surface area contributed by atoms with Crippen LogP contribution in [0.5, 0.6) is 0 Å². The molecule has 0 aliphatic heterocycles. The first-order valence-electron chi connectivity index (χ1n) is 6.62. The average Bonchev–Trinajstić information content (AvgIpc) is 2.26. The number of nitrogens with zero attached hydrogens (tertiary/aromatic N) is 1. The summed E-state index contributed by atoms with van der Waals surface area (Å²) in [6, 6.07) is 0.509. The highest BCUT2D eigenvalue weighted by molar-refractivity contribution is 8.13. The van der Waals surface area contributed by atoms with Crippen LogP contribution in [-0.4, -0.2) is 28.5 Å². The maximum atomic E-state index is 12.0. The fourth-order valence-corrected chi connectivity index (χ4v) is 3.21. The number of hydrogen-bond donors (Lipinski definition) is 0. The molecular weight excluding hydrogens is 218 g/mol. The summed E-state index contributed by atoms with van der Waals surface area (Å²) in [5.41, 5.74) is 0. The van der Waals surface area contributed by atoms with Crippen molar-refractivity contribution >= 4 is 17.0 Å². The molecule has 16 heavy (non-hydrogen) atoms. The molecule has 0 radical (unpaired) electrons. The van der Waals surface area contributed by atoms with Crippen molar-refractivity contribution in [3.8, 4) is 0 Å². The zero-order valence-corrected chi connectivity index (χ0v) is 11.7. The number of rotatable bonds is 4. The molecule has 2 nitrogen and oxygen atoms in total. The van der Waals surface area contributed by atoms with Crippen molar-refractivity contribution in [2.45, 2.75) is 58.9 Å². The van der Waals surface area contributed by atoms with Gasteiger partial charge in [0.05, 0.1) is 0 Å². The van der Waals surface area contributed by atoms with Crippen molar-refractivity contribution in [2.75, 3.05) is 12.3 Å². The highest BCUT2D eigenvalue weighted by Crippen LogP contribution is 2.29. The van der Waals surface area contributed by atoms with Crippen molar-refractivity contribution in [3.63, 3.8) is 0 Å². The van der Waals surface area contributed by atoms with Crippen LogP contribution in [0.2, 0.25) is 0 Å².